The highest BCUT2D eigenvalue weighted by atomic mass is 16.5. The summed E-state index contributed by atoms with van der Waals surface area (Å²) in [5, 5.41) is 13.5. The fourth-order valence-electron chi connectivity index (χ4n) is 2.39. The molecule has 0 bridgehead atoms. The maximum absolute atomic E-state index is 11.3. The zero-order valence-corrected chi connectivity index (χ0v) is 12.9. The number of anilines is 1. The lowest BCUT2D eigenvalue weighted by atomic mass is 10.2. The monoisotopic (exact) mass is 318 g/mol. The number of likely N-dealkylation sites (tertiary alicyclic amines) is 1. The van der Waals surface area contributed by atoms with Gasteiger partial charge in [-0.3, -0.25) is 10.7 Å². The molecule has 0 spiro atoms. The van der Waals surface area contributed by atoms with Gasteiger partial charge in [-0.2, -0.15) is 5.10 Å². The molecule has 0 radical (unpaired) electrons. The normalized spacial score (nSPS) is 14.3. The van der Waals surface area contributed by atoms with Crippen LogP contribution in [0.1, 0.15) is 5.69 Å². The highest BCUT2D eigenvalue weighted by molar-refractivity contribution is 5.68. The van der Waals surface area contributed by atoms with Gasteiger partial charge in [-0.15, -0.1) is 0 Å². The maximum atomic E-state index is 11.3. The molecule has 0 atom stereocenters. The minimum atomic E-state index is -0.358. The molecule has 1 aliphatic rings. The van der Waals surface area contributed by atoms with Crippen molar-refractivity contribution in [1.29, 1.82) is 0 Å². The van der Waals surface area contributed by atoms with E-state index in [-0.39, 0.29) is 12.2 Å². The van der Waals surface area contributed by atoms with Crippen LogP contribution < -0.4 is 10.2 Å². The van der Waals surface area contributed by atoms with Crippen molar-refractivity contribution in [3.8, 4) is 11.4 Å². The zero-order chi connectivity index (χ0) is 16.4. The lowest BCUT2D eigenvalue weighted by Crippen LogP contribution is -2.56. The van der Waals surface area contributed by atoms with E-state index in [1.165, 1.54) is 7.11 Å². The van der Waals surface area contributed by atoms with Gasteiger partial charge in [0, 0.05) is 18.3 Å². The van der Waals surface area contributed by atoms with Crippen molar-refractivity contribution in [2.75, 3.05) is 25.7 Å². The Balaban J connectivity index is 1.74. The van der Waals surface area contributed by atoms with Crippen LogP contribution in [0.3, 0.4) is 0 Å². The number of rotatable bonds is 4. The molecule has 122 valence electrons. The number of carbonyl (C=O) groups excluding carboxylic acids is 1. The Morgan fingerprint density at radius 1 is 1.39 bits per heavy atom. The van der Waals surface area contributed by atoms with Gasteiger partial charge < -0.3 is 14.4 Å². The molecule has 1 aromatic carbocycles. The molecule has 1 aromatic heterocycles. The standard InChI is InChI=1S/C15H18N4O4/c1-10-3-4-19(16-10)12-5-11(17-21)6-13(7-12)23-14-8-18(9-14)15(20)22-2/h3-7,14,17,21H,8-9H2,1-2H3. The number of benzene rings is 1. The number of nitrogens with one attached hydrogen (secondary N) is 1. The van der Waals surface area contributed by atoms with E-state index in [4.69, 9.17) is 4.74 Å². The predicted molar refractivity (Wildman–Crippen MR) is 82.1 cm³/mol. The molecule has 3 rings (SSSR count). The Labute approximate surface area is 133 Å². The van der Waals surface area contributed by atoms with Crippen LogP contribution in [0.4, 0.5) is 10.5 Å². The van der Waals surface area contributed by atoms with E-state index in [0.717, 1.165) is 11.4 Å². The van der Waals surface area contributed by atoms with Crippen molar-refractivity contribution in [3.63, 3.8) is 0 Å². The third kappa shape index (κ3) is 3.21. The minimum Gasteiger partial charge on any atom is -0.487 e. The highest BCUT2D eigenvalue weighted by Gasteiger charge is 2.33. The summed E-state index contributed by atoms with van der Waals surface area (Å²) in [6.07, 6.45) is 1.37. The second kappa shape index (κ2) is 6.17. The maximum Gasteiger partial charge on any atom is 0.409 e. The molecular formula is C15H18N4O4. The number of ether oxygens (including phenoxy) is 2. The highest BCUT2D eigenvalue weighted by Crippen LogP contribution is 2.26. The van der Waals surface area contributed by atoms with Crippen LogP contribution in [0.2, 0.25) is 0 Å². The lowest BCUT2D eigenvalue weighted by Gasteiger charge is -2.37. The van der Waals surface area contributed by atoms with Gasteiger partial charge in [0.25, 0.3) is 0 Å². The average molecular weight is 318 g/mol. The summed E-state index contributed by atoms with van der Waals surface area (Å²) in [7, 11) is 1.35. The topological polar surface area (TPSA) is 88.9 Å². The van der Waals surface area contributed by atoms with Crippen LogP contribution in [0.25, 0.3) is 5.69 Å². The molecule has 1 saturated heterocycles. The number of methoxy groups -OCH3 is 1. The van der Waals surface area contributed by atoms with E-state index >= 15 is 0 Å². The second-order valence-corrected chi connectivity index (χ2v) is 5.34. The van der Waals surface area contributed by atoms with Crippen LogP contribution in [0.15, 0.2) is 30.5 Å². The van der Waals surface area contributed by atoms with Crippen LogP contribution in [-0.2, 0) is 4.74 Å². The first kappa shape index (κ1) is 15.2. The summed E-state index contributed by atoms with van der Waals surface area (Å²) in [6.45, 7) is 2.84. The van der Waals surface area contributed by atoms with Gasteiger partial charge >= 0.3 is 6.09 Å². The first-order valence-corrected chi connectivity index (χ1v) is 7.16. The van der Waals surface area contributed by atoms with E-state index in [1.807, 2.05) is 25.3 Å². The molecule has 8 heteroatoms. The number of hydrogen-bond acceptors (Lipinski definition) is 6. The van der Waals surface area contributed by atoms with Crippen molar-refractivity contribution in [1.82, 2.24) is 14.7 Å². The Kier molecular flexibility index (Phi) is 4.07. The average Bonchev–Trinajstić information content (AvgIpc) is 2.96. The predicted octanol–water partition coefficient (Wildman–Crippen LogP) is 1.81. The fourth-order valence-corrected chi connectivity index (χ4v) is 2.39. The minimum absolute atomic E-state index is 0.102. The second-order valence-electron chi connectivity index (χ2n) is 5.34. The molecule has 0 unspecified atom stereocenters. The Hall–Kier alpha value is -2.74. The van der Waals surface area contributed by atoms with Gasteiger partial charge in [-0.05, 0) is 19.1 Å². The molecule has 8 nitrogen and oxygen atoms in total. The van der Waals surface area contributed by atoms with E-state index in [0.29, 0.717) is 24.5 Å². The number of aromatic nitrogens is 2. The molecule has 2 heterocycles. The summed E-state index contributed by atoms with van der Waals surface area (Å²) in [5.41, 5.74) is 4.27. The molecule has 0 aliphatic carbocycles. The summed E-state index contributed by atoms with van der Waals surface area (Å²) >= 11 is 0. The third-order valence-electron chi connectivity index (χ3n) is 3.59. The lowest BCUT2D eigenvalue weighted by molar-refractivity contribution is 0.0183. The summed E-state index contributed by atoms with van der Waals surface area (Å²) in [6, 6.07) is 7.15. The van der Waals surface area contributed by atoms with E-state index in [1.54, 1.807) is 21.7 Å². The molecule has 1 amide bonds. The van der Waals surface area contributed by atoms with Gasteiger partial charge in [-0.25, -0.2) is 9.48 Å². The molecule has 2 N–H and O–H groups in total. The Morgan fingerprint density at radius 2 is 2.17 bits per heavy atom. The molecule has 1 fully saturated rings. The first-order chi connectivity index (χ1) is 11.1. The number of aryl methyl sites for hydroxylation is 1. The largest absolute Gasteiger partial charge is 0.487 e. The van der Waals surface area contributed by atoms with E-state index < -0.39 is 0 Å². The van der Waals surface area contributed by atoms with E-state index in [9.17, 15) is 10.0 Å². The molecular weight excluding hydrogens is 300 g/mol. The van der Waals surface area contributed by atoms with Crippen molar-refractivity contribution < 1.29 is 19.5 Å². The molecule has 1 aliphatic heterocycles. The summed E-state index contributed by atoms with van der Waals surface area (Å²) < 4.78 is 12.2. The third-order valence-corrected chi connectivity index (χ3v) is 3.59. The molecule has 2 aromatic rings. The molecule has 0 saturated carbocycles. The van der Waals surface area contributed by atoms with Gasteiger partial charge in [0.15, 0.2) is 0 Å². The van der Waals surface area contributed by atoms with Crippen molar-refractivity contribution in [3.05, 3.63) is 36.2 Å². The number of amides is 1. The number of nitrogens with zero attached hydrogens (tertiary/aromatic N) is 3. The quantitative estimate of drug-likeness (QED) is 0.836. The van der Waals surface area contributed by atoms with Gasteiger partial charge in [0.2, 0.25) is 0 Å². The number of hydrogen-bond donors (Lipinski definition) is 2. The van der Waals surface area contributed by atoms with Crippen LogP contribution in [-0.4, -0.2) is 52.3 Å². The van der Waals surface area contributed by atoms with Crippen molar-refractivity contribution >= 4 is 11.8 Å². The zero-order valence-electron chi connectivity index (χ0n) is 12.9. The van der Waals surface area contributed by atoms with Gasteiger partial charge in [0.05, 0.1) is 37.3 Å². The fraction of sp³-hybridized carbons (Fsp3) is 0.333. The van der Waals surface area contributed by atoms with Crippen LogP contribution in [0.5, 0.6) is 5.75 Å². The van der Waals surface area contributed by atoms with Crippen LogP contribution in [0, 0.1) is 6.92 Å². The van der Waals surface area contributed by atoms with Gasteiger partial charge in [0.1, 0.15) is 11.9 Å². The van der Waals surface area contributed by atoms with Crippen molar-refractivity contribution in [2.45, 2.75) is 13.0 Å². The molecule has 23 heavy (non-hydrogen) atoms. The van der Waals surface area contributed by atoms with Crippen molar-refractivity contribution in [2.24, 2.45) is 0 Å². The first-order valence-electron chi connectivity index (χ1n) is 7.16. The Morgan fingerprint density at radius 3 is 2.78 bits per heavy atom. The number of carbonyl (C=O) groups is 1. The Bertz CT molecular complexity index is 709. The summed E-state index contributed by atoms with van der Waals surface area (Å²) in [4.78, 5) is 12.9. The smallest absolute Gasteiger partial charge is 0.409 e. The van der Waals surface area contributed by atoms with Crippen LogP contribution >= 0.6 is 0 Å². The summed E-state index contributed by atoms with van der Waals surface area (Å²) in [5.74, 6) is 0.585. The SMILES string of the molecule is COC(=O)N1CC(Oc2cc(NO)cc(-n3ccc(C)n3)c2)C1. The van der Waals surface area contributed by atoms with Gasteiger partial charge in [-0.1, -0.05) is 0 Å². The van der Waals surface area contributed by atoms with E-state index in [2.05, 4.69) is 15.3 Å².